The van der Waals surface area contributed by atoms with Crippen molar-refractivity contribution in [2.24, 2.45) is 17.8 Å². The van der Waals surface area contributed by atoms with E-state index in [1.54, 1.807) is 0 Å². The van der Waals surface area contributed by atoms with Crippen molar-refractivity contribution in [3.8, 4) is 0 Å². The lowest BCUT2D eigenvalue weighted by atomic mass is 9.85. The summed E-state index contributed by atoms with van der Waals surface area (Å²) in [5.41, 5.74) is 0. The normalized spacial score (nSPS) is 32.6. The zero-order valence-electron chi connectivity index (χ0n) is 20.4. The van der Waals surface area contributed by atoms with Crippen LogP contribution in [-0.4, -0.2) is 41.6 Å². The van der Waals surface area contributed by atoms with Gasteiger partial charge in [-0.2, -0.15) is 0 Å². The fourth-order valence-corrected chi connectivity index (χ4v) is 8.62. The maximum absolute atomic E-state index is 7.11. The largest absolute Gasteiger partial charge is 0.417 e. The van der Waals surface area contributed by atoms with Gasteiger partial charge >= 0.3 is 0 Å². The van der Waals surface area contributed by atoms with E-state index in [2.05, 4.69) is 68.5 Å². The number of epoxide rings is 1. The molecular weight excluding hydrogens is 380 g/mol. The summed E-state index contributed by atoms with van der Waals surface area (Å²) in [5.74, 6) is 1.74. The standard InChI is InChI=1S/C23H48O3Si2/c1-11-28(12-2,13-3)26-21-19(15-14-17(4)20-22(21)25-20)18(5)16-24-27(9,10)23(6,7)8/h17-22H,11-16H2,1-10H3/t17-,18+,19-,20+,21+,22+/m0/s1. The van der Waals surface area contributed by atoms with Crippen LogP contribution in [-0.2, 0) is 13.6 Å². The van der Waals surface area contributed by atoms with Gasteiger partial charge in [-0.1, -0.05) is 55.4 Å². The molecule has 0 radical (unpaired) electrons. The Labute approximate surface area is 177 Å². The molecule has 0 N–H and O–H groups in total. The molecule has 0 bridgehead atoms. The predicted molar refractivity (Wildman–Crippen MR) is 125 cm³/mol. The highest BCUT2D eigenvalue weighted by molar-refractivity contribution is 6.74. The van der Waals surface area contributed by atoms with Gasteiger partial charge in [0.2, 0.25) is 0 Å². The van der Waals surface area contributed by atoms with E-state index >= 15 is 0 Å². The molecule has 0 aromatic rings. The first-order valence-corrected chi connectivity index (χ1v) is 17.3. The van der Waals surface area contributed by atoms with Crippen molar-refractivity contribution in [3.05, 3.63) is 0 Å². The zero-order valence-corrected chi connectivity index (χ0v) is 22.4. The highest BCUT2D eigenvalue weighted by Crippen LogP contribution is 2.47. The third-order valence-corrected chi connectivity index (χ3v) is 17.5. The lowest BCUT2D eigenvalue weighted by molar-refractivity contribution is 0.0388. The van der Waals surface area contributed by atoms with Gasteiger partial charge < -0.3 is 13.6 Å². The van der Waals surface area contributed by atoms with Gasteiger partial charge in [-0.25, -0.2) is 0 Å². The van der Waals surface area contributed by atoms with Gasteiger partial charge in [0.1, 0.15) is 6.10 Å². The third-order valence-electron chi connectivity index (χ3n) is 8.39. The Balaban J connectivity index is 2.16. The molecule has 1 aliphatic heterocycles. The molecule has 0 spiro atoms. The molecule has 28 heavy (non-hydrogen) atoms. The van der Waals surface area contributed by atoms with Crippen molar-refractivity contribution in [3.63, 3.8) is 0 Å². The summed E-state index contributed by atoms with van der Waals surface area (Å²) in [6, 6.07) is 3.64. The first kappa shape index (κ1) is 24.6. The molecule has 0 aromatic heterocycles. The van der Waals surface area contributed by atoms with E-state index < -0.39 is 16.6 Å². The van der Waals surface area contributed by atoms with E-state index in [9.17, 15) is 0 Å². The predicted octanol–water partition coefficient (Wildman–Crippen LogP) is 6.85. The number of ether oxygens (including phenoxy) is 1. The molecular formula is C23H48O3Si2. The topological polar surface area (TPSA) is 31.0 Å². The van der Waals surface area contributed by atoms with E-state index in [-0.39, 0.29) is 11.1 Å². The molecule has 0 amide bonds. The summed E-state index contributed by atoms with van der Waals surface area (Å²) in [6.07, 6.45) is 3.55. The zero-order chi connectivity index (χ0) is 21.3. The molecule has 6 atom stereocenters. The lowest BCUT2D eigenvalue weighted by Gasteiger charge is -2.41. The summed E-state index contributed by atoms with van der Waals surface area (Å²) >= 11 is 0. The minimum absolute atomic E-state index is 0.264. The van der Waals surface area contributed by atoms with Gasteiger partial charge in [0.05, 0.1) is 12.2 Å². The van der Waals surface area contributed by atoms with Crippen LogP contribution in [0, 0.1) is 17.8 Å². The molecule has 1 aliphatic carbocycles. The molecule has 1 saturated heterocycles. The Bertz CT molecular complexity index is 490. The second-order valence-corrected chi connectivity index (χ2v) is 20.7. The van der Waals surface area contributed by atoms with Gasteiger partial charge in [-0.3, -0.25) is 0 Å². The van der Waals surface area contributed by atoms with Crippen LogP contribution in [0.25, 0.3) is 0 Å². The van der Waals surface area contributed by atoms with E-state index in [0.29, 0.717) is 30.0 Å². The lowest BCUT2D eigenvalue weighted by Crippen LogP contribution is -2.47. The van der Waals surface area contributed by atoms with Crippen LogP contribution in [0.2, 0.25) is 36.3 Å². The maximum Gasteiger partial charge on any atom is 0.192 e. The third kappa shape index (κ3) is 5.32. The van der Waals surface area contributed by atoms with Crippen molar-refractivity contribution in [2.75, 3.05) is 6.61 Å². The van der Waals surface area contributed by atoms with Gasteiger partial charge in [0.25, 0.3) is 0 Å². The number of hydrogen-bond donors (Lipinski definition) is 0. The molecule has 0 unspecified atom stereocenters. The average molecular weight is 429 g/mol. The molecule has 2 aliphatic rings. The monoisotopic (exact) mass is 428 g/mol. The molecule has 3 nitrogen and oxygen atoms in total. The maximum atomic E-state index is 7.11. The summed E-state index contributed by atoms with van der Waals surface area (Å²) in [7, 11) is -3.37. The van der Waals surface area contributed by atoms with Gasteiger partial charge in [0.15, 0.2) is 16.6 Å². The van der Waals surface area contributed by atoms with Crippen LogP contribution < -0.4 is 0 Å². The van der Waals surface area contributed by atoms with Gasteiger partial charge in [-0.05, 0) is 66.9 Å². The van der Waals surface area contributed by atoms with Crippen molar-refractivity contribution in [1.29, 1.82) is 0 Å². The van der Waals surface area contributed by atoms with E-state index in [0.717, 1.165) is 6.61 Å². The number of hydrogen-bond acceptors (Lipinski definition) is 3. The number of rotatable bonds is 9. The number of fused-ring (bicyclic) bond motifs is 1. The van der Waals surface area contributed by atoms with Crippen LogP contribution in [0.4, 0.5) is 0 Å². The Kier molecular flexibility index (Phi) is 8.09. The summed E-state index contributed by atoms with van der Waals surface area (Å²) < 4.78 is 20.0. The van der Waals surface area contributed by atoms with E-state index in [1.807, 2.05) is 0 Å². The summed E-state index contributed by atoms with van der Waals surface area (Å²) in [4.78, 5) is 0. The minimum atomic E-state index is -1.72. The molecule has 5 heteroatoms. The minimum Gasteiger partial charge on any atom is -0.417 e. The highest BCUT2D eigenvalue weighted by atomic mass is 28.4. The van der Waals surface area contributed by atoms with Crippen molar-refractivity contribution in [2.45, 2.75) is 123 Å². The summed E-state index contributed by atoms with van der Waals surface area (Å²) in [6.45, 7) is 24.4. The Morgan fingerprint density at radius 1 is 1.00 bits per heavy atom. The van der Waals surface area contributed by atoms with Gasteiger partial charge in [0, 0.05) is 6.61 Å². The van der Waals surface area contributed by atoms with Crippen LogP contribution in [0.3, 0.4) is 0 Å². The van der Waals surface area contributed by atoms with E-state index in [4.69, 9.17) is 13.6 Å². The molecule has 2 rings (SSSR count). The second kappa shape index (κ2) is 9.21. The Morgan fingerprint density at radius 2 is 1.57 bits per heavy atom. The first-order chi connectivity index (χ1) is 12.9. The molecule has 2 fully saturated rings. The van der Waals surface area contributed by atoms with E-state index in [1.165, 1.54) is 31.0 Å². The smallest absolute Gasteiger partial charge is 0.192 e. The van der Waals surface area contributed by atoms with Crippen LogP contribution >= 0.6 is 0 Å². The summed E-state index contributed by atoms with van der Waals surface area (Å²) in [5, 5.41) is 0.264. The molecule has 1 saturated carbocycles. The molecule has 166 valence electrons. The fraction of sp³-hybridized carbons (Fsp3) is 1.00. The fourth-order valence-electron chi connectivity index (χ4n) is 4.62. The van der Waals surface area contributed by atoms with Crippen molar-refractivity contribution in [1.82, 2.24) is 0 Å². The van der Waals surface area contributed by atoms with Gasteiger partial charge in [-0.15, -0.1) is 0 Å². The Hall–Kier alpha value is 0.314. The molecule has 0 aromatic carbocycles. The van der Waals surface area contributed by atoms with Crippen LogP contribution in [0.15, 0.2) is 0 Å². The average Bonchev–Trinajstić information content (AvgIpc) is 3.43. The first-order valence-electron chi connectivity index (χ1n) is 11.9. The Morgan fingerprint density at radius 3 is 2.07 bits per heavy atom. The van der Waals surface area contributed by atoms with Crippen LogP contribution in [0.1, 0.15) is 68.2 Å². The highest BCUT2D eigenvalue weighted by Gasteiger charge is 2.55. The van der Waals surface area contributed by atoms with Crippen molar-refractivity contribution < 1.29 is 13.6 Å². The van der Waals surface area contributed by atoms with Crippen molar-refractivity contribution >= 4 is 16.6 Å². The quantitative estimate of drug-likeness (QED) is 0.297. The van der Waals surface area contributed by atoms with Crippen LogP contribution in [0.5, 0.6) is 0 Å². The SMILES string of the molecule is CC[Si](CC)(CC)O[C@@H]1[C@H]([C@H](C)CO[Si](C)(C)C(C)(C)C)CC[C@H](C)[C@H]2O[C@@H]12. The second-order valence-electron chi connectivity index (χ2n) is 11.2. The molecule has 1 heterocycles.